The van der Waals surface area contributed by atoms with E-state index in [2.05, 4.69) is 4.72 Å². The zero-order valence-electron chi connectivity index (χ0n) is 15.3. The van der Waals surface area contributed by atoms with Crippen LogP contribution >= 0.6 is 11.6 Å². The molecule has 1 N–H and O–H groups in total. The molecule has 3 rings (SSSR count). The fraction of sp³-hybridized carbons (Fsp3) is 0.316. The van der Waals surface area contributed by atoms with E-state index in [0.717, 1.165) is 0 Å². The van der Waals surface area contributed by atoms with Gasteiger partial charge in [0.1, 0.15) is 12.4 Å². The van der Waals surface area contributed by atoms with Gasteiger partial charge in [0.25, 0.3) is 0 Å². The van der Waals surface area contributed by atoms with Crippen LogP contribution in [0.25, 0.3) is 0 Å². The summed E-state index contributed by atoms with van der Waals surface area (Å²) in [6, 6.07) is 11.6. The summed E-state index contributed by atoms with van der Waals surface area (Å²) in [5, 5.41) is 0.483. The molecule has 1 heterocycles. The fourth-order valence-corrected chi connectivity index (χ4v) is 4.30. The van der Waals surface area contributed by atoms with Crippen molar-refractivity contribution < 1.29 is 17.9 Å². The van der Waals surface area contributed by atoms with Gasteiger partial charge >= 0.3 is 0 Å². The SMILES string of the molecule is CN1C(=O)C(C)(C)COc2cc(NS(=O)(=O)Cc3cccc(Cl)c3)ccc21. The van der Waals surface area contributed by atoms with E-state index in [9.17, 15) is 13.2 Å². The summed E-state index contributed by atoms with van der Waals surface area (Å²) in [5.41, 5.74) is 0.896. The van der Waals surface area contributed by atoms with Gasteiger partial charge in [0.2, 0.25) is 15.9 Å². The first kappa shape index (κ1) is 19.5. The van der Waals surface area contributed by atoms with E-state index in [-0.39, 0.29) is 18.3 Å². The van der Waals surface area contributed by atoms with E-state index in [1.54, 1.807) is 49.5 Å². The van der Waals surface area contributed by atoms with E-state index < -0.39 is 15.4 Å². The van der Waals surface area contributed by atoms with Crippen LogP contribution in [-0.4, -0.2) is 28.0 Å². The molecule has 1 aliphatic heterocycles. The fourth-order valence-electron chi connectivity index (χ4n) is 2.92. The second-order valence-electron chi connectivity index (χ2n) is 7.21. The molecule has 0 spiro atoms. The maximum atomic E-state index is 12.5. The maximum absolute atomic E-state index is 12.5. The minimum Gasteiger partial charge on any atom is -0.490 e. The van der Waals surface area contributed by atoms with Gasteiger partial charge in [-0.2, -0.15) is 0 Å². The third-order valence-corrected chi connectivity index (χ3v) is 5.81. The van der Waals surface area contributed by atoms with E-state index in [1.165, 1.54) is 4.90 Å². The summed E-state index contributed by atoms with van der Waals surface area (Å²) < 4.78 is 33.3. The monoisotopic (exact) mass is 408 g/mol. The number of ether oxygens (including phenoxy) is 1. The minimum absolute atomic E-state index is 0.0597. The Bertz CT molecular complexity index is 989. The van der Waals surface area contributed by atoms with E-state index in [1.807, 2.05) is 13.8 Å². The van der Waals surface area contributed by atoms with Crippen molar-refractivity contribution in [3.63, 3.8) is 0 Å². The molecule has 0 aliphatic carbocycles. The molecule has 2 aromatic rings. The number of sulfonamides is 1. The number of halogens is 1. The van der Waals surface area contributed by atoms with Gasteiger partial charge in [-0.15, -0.1) is 0 Å². The Labute approximate surface area is 164 Å². The molecule has 1 aliphatic rings. The van der Waals surface area contributed by atoms with Crippen LogP contribution in [0, 0.1) is 5.41 Å². The third kappa shape index (κ3) is 4.36. The highest BCUT2D eigenvalue weighted by molar-refractivity contribution is 7.91. The van der Waals surface area contributed by atoms with Gasteiger partial charge in [-0.25, -0.2) is 8.42 Å². The van der Waals surface area contributed by atoms with Gasteiger partial charge in [0.05, 0.1) is 22.5 Å². The number of amides is 1. The number of fused-ring (bicyclic) bond motifs is 1. The third-order valence-electron chi connectivity index (χ3n) is 4.31. The van der Waals surface area contributed by atoms with Crippen molar-refractivity contribution in [1.29, 1.82) is 0 Å². The van der Waals surface area contributed by atoms with Gasteiger partial charge in [-0.05, 0) is 43.7 Å². The van der Waals surface area contributed by atoms with Crippen molar-refractivity contribution in [3.8, 4) is 5.75 Å². The second-order valence-corrected chi connectivity index (χ2v) is 9.37. The molecule has 144 valence electrons. The van der Waals surface area contributed by atoms with Crippen LogP contribution in [0.1, 0.15) is 19.4 Å². The molecule has 0 unspecified atom stereocenters. The number of carbonyl (C=O) groups is 1. The molecule has 6 nitrogen and oxygen atoms in total. The summed E-state index contributed by atoms with van der Waals surface area (Å²) in [4.78, 5) is 14.0. The first-order valence-electron chi connectivity index (χ1n) is 8.37. The number of benzene rings is 2. The average molecular weight is 409 g/mol. The standard InChI is InChI=1S/C19H21ClN2O4S/c1-19(2)12-26-17-10-15(7-8-16(17)22(3)18(19)23)21-27(24,25)11-13-5-4-6-14(20)9-13/h4-10,21H,11-12H2,1-3H3. The molecule has 0 atom stereocenters. The van der Waals surface area contributed by atoms with Gasteiger partial charge < -0.3 is 9.64 Å². The first-order chi connectivity index (χ1) is 12.6. The van der Waals surface area contributed by atoms with Crippen molar-refractivity contribution in [1.82, 2.24) is 0 Å². The van der Waals surface area contributed by atoms with Crippen molar-refractivity contribution >= 4 is 38.9 Å². The van der Waals surface area contributed by atoms with Crippen molar-refractivity contribution in [2.45, 2.75) is 19.6 Å². The van der Waals surface area contributed by atoms with Gasteiger partial charge in [-0.1, -0.05) is 23.7 Å². The van der Waals surface area contributed by atoms with Gasteiger partial charge in [-0.3, -0.25) is 9.52 Å². The Morgan fingerprint density at radius 2 is 1.96 bits per heavy atom. The maximum Gasteiger partial charge on any atom is 0.236 e. The Morgan fingerprint density at radius 3 is 2.67 bits per heavy atom. The average Bonchev–Trinajstić information content (AvgIpc) is 2.65. The zero-order chi connectivity index (χ0) is 19.8. The molecular formula is C19H21ClN2O4S. The van der Waals surface area contributed by atoms with Crippen LogP contribution in [0.2, 0.25) is 5.02 Å². The molecule has 0 saturated carbocycles. The van der Waals surface area contributed by atoms with Crippen LogP contribution in [0.3, 0.4) is 0 Å². The smallest absolute Gasteiger partial charge is 0.236 e. The molecule has 0 fully saturated rings. The van der Waals surface area contributed by atoms with E-state index >= 15 is 0 Å². The van der Waals surface area contributed by atoms with E-state index in [4.69, 9.17) is 16.3 Å². The van der Waals surface area contributed by atoms with Gasteiger partial charge in [0.15, 0.2) is 0 Å². The summed E-state index contributed by atoms with van der Waals surface area (Å²) in [7, 11) is -1.95. The minimum atomic E-state index is -3.63. The summed E-state index contributed by atoms with van der Waals surface area (Å²) in [6.07, 6.45) is 0. The van der Waals surface area contributed by atoms with Crippen LogP contribution in [0.15, 0.2) is 42.5 Å². The molecule has 2 aromatic carbocycles. The number of nitrogens with one attached hydrogen (secondary N) is 1. The number of hydrogen-bond acceptors (Lipinski definition) is 4. The lowest BCUT2D eigenvalue weighted by molar-refractivity contribution is -0.127. The zero-order valence-corrected chi connectivity index (χ0v) is 16.9. The largest absolute Gasteiger partial charge is 0.490 e. The lowest BCUT2D eigenvalue weighted by atomic mass is 9.93. The quantitative estimate of drug-likeness (QED) is 0.837. The molecule has 0 aromatic heterocycles. The molecule has 0 bridgehead atoms. The lowest BCUT2D eigenvalue weighted by Crippen LogP contribution is -2.39. The summed E-state index contributed by atoms with van der Waals surface area (Å²) in [5.74, 6) is 0.201. The van der Waals surface area contributed by atoms with Crippen molar-refractivity contribution in [3.05, 3.63) is 53.1 Å². The summed E-state index contributed by atoms with van der Waals surface area (Å²) in [6.45, 7) is 3.83. The number of carbonyl (C=O) groups excluding carboxylic acids is 1. The second kappa shape index (κ2) is 7.05. The normalized spacial score (nSPS) is 16.3. The molecule has 8 heteroatoms. The highest BCUT2D eigenvalue weighted by Crippen LogP contribution is 2.37. The lowest BCUT2D eigenvalue weighted by Gasteiger charge is -2.24. The Morgan fingerprint density at radius 1 is 1.22 bits per heavy atom. The molecule has 27 heavy (non-hydrogen) atoms. The highest BCUT2D eigenvalue weighted by Gasteiger charge is 2.36. The number of rotatable bonds is 4. The number of hydrogen-bond donors (Lipinski definition) is 1. The Kier molecular flexibility index (Phi) is 5.10. The number of anilines is 2. The molecular weight excluding hydrogens is 388 g/mol. The molecule has 1 amide bonds. The highest BCUT2D eigenvalue weighted by atomic mass is 35.5. The van der Waals surface area contributed by atoms with Gasteiger partial charge in [0, 0.05) is 18.1 Å². The molecule has 0 radical (unpaired) electrons. The Hall–Kier alpha value is -2.25. The van der Waals surface area contributed by atoms with Crippen LogP contribution in [0.4, 0.5) is 11.4 Å². The predicted molar refractivity (Wildman–Crippen MR) is 107 cm³/mol. The van der Waals surface area contributed by atoms with Crippen LogP contribution < -0.4 is 14.4 Å². The van der Waals surface area contributed by atoms with Crippen LogP contribution in [0.5, 0.6) is 5.75 Å². The number of nitrogens with zero attached hydrogens (tertiary/aromatic N) is 1. The Balaban J connectivity index is 1.83. The first-order valence-corrected chi connectivity index (χ1v) is 10.4. The summed E-state index contributed by atoms with van der Waals surface area (Å²) >= 11 is 5.91. The van der Waals surface area contributed by atoms with Crippen molar-refractivity contribution in [2.75, 3.05) is 23.3 Å². The van der Waals surface area contributed by atoms with Crippen LogP contribution in [-0.2, 0) is 20.6 Å². The molecule has 0 saturated heterocycles. The predicted octanol–water partition coefficient (Wildman–Crippen LogP) is 3.66. The van der Waals surface area contributed by atoms with E-state index in [0.29, 0.717) is 27.7 Å². The topological polar surface area (TPSA) is 75.7 Å². The van der Waals surface area contributed by atoms with Crippen molar-refractivity contribution in [2.24, 2.45) is 5.41 Å².